The number of rotatable bonds is 8. The van der Waals surface area contributed by atoms with Gasteiger partial charge in [-0.15, -0.1) is 0 Å². The molecule has 0 aliphatic rings. The molecule has 0 spiro atoms. The topological polar surface area (TPSA) is 86.8 Å². The van der Waals surface area contributed by atoms with Crippen LogP contribution in [0.3, 0.4) is 0 Å². The standard InChI is InChI=1S/C24H30Cl3N3O4S/c1-15-7-10-19(12-20(15)26)30(35(6,33)34)14-22(31)29(16(2)23(32)28-24(3,4)5)13-17-8-9-18(25)11-21(17)27/h7-12,16H,13-14H2,1-6H3,(H,28,32)/t16-/m1/s1. The van der Waals surface area contributed by atoms with Crippen molar-refractivity contribution in [2.75, 3.05) is 17.1 Å². The Morgan fingerprint density at radius 2 is 1.66 bits per heavy atom. The van der Waals surface area contributed by atoms with E-state index in [0.29, 0.717) is 20.6 Å². The lowest BCUT2D eigenvalue weighted by molar-refractivity contribution is -0.140. The number of nitrogens with one attached hydrogen (secondary N) is 1. The second-order valence-electron chi connectivity index (χ2n) is 9.38. The number of hydrogen-bond acceptors (Lipinski definition) is 4. The molecule has 0 aliphatic carbocycles. The molecule has 2 aromatic rings. The van der Waals surface area contributed by atoms with Crippen LogP contribution in [0, 0.1) is 6.92 Å². The third-order valence-electron chi connectivity index (χ3n) is 5.14. The van der Waals surface area contributed by atoms with Crippen LogP contribution < -0.4 is 9.62 Å². The normalized spacial score (nSPS) is 12.7. The molecule has 0 unspecified atom stereocenters. The minimum Gasteiger partial charge on any atom is -0.350 e. The summed E-state index contributed by atoms with van der Waals surface area (Å²) in [5.74, 6) is -0.977. The zero-order chi connectivity index (χ0) is 26.7. The van der Waals surface area contributed by atoms with Gasteiger partial charge in [-0.25, -0.2) is 8.42 Å². The first-order valence-electron chi connectivity index (χ1n) is 10.8. The molecular weight excluding hydrogens is 533 g/mol. The van der Waals surface area contributed by atoms with Gasteiger partial charge in [-0.2, -0.15) is 0 Å². The zero-order valence-electron chi connectivity index (χ0n) is 20.5. The van der Waals surface area contributed by atoms with Crippen LogP contribution in [0.15, 0.2) is 36.4 Å². The van der Waals surface area contributed by atoms with Crippen LogP contribution in [0.25, 0.3) is 0 Å². The number of anilines is 1. The predicted octanol–water partition coefficient (Wildman–Crippen LogP) is 5.05. The average Bonchev–Trinajstić information content (AvgIpc) is 2.71. The molecule has 0 heterocycles. The van der Waals surface area contributed by atoms with Crippen molar-refractivity contribution in [1.82, 2.24) is 10.2 Å². The second-order valence-corrected chi connectivity index (χ2v) is 12.5. The maximum Gasteiger partial charge on any atom is 0.244 e. The SMILES string of the molecule is Cc1ccc(N(CC(=O)N(Cc2ccc(Cl)cc2Cl)[C@H](C)C(=O)NC(C)(C)C)S(C)(=O)=O)cc1Cl. The molecule has 35 heavy (non-hydrogen) atoms. The van der Waals surface area contributed by atoms with Gasteiger partial charge < -0.3 is 10.2 Å². The van der Waals surface area contributed by atoms with E-state index in [9.17, 15) is 18.0 Å². The molecule has 0 saturated heterocycles. The highest BCUT2D eigenvalue weighted by Gasteiger charge is 2.31. The van der Waals surface area contributed by atoms with Crippen molar-refractivity contribution in [2.24, 2.45) is 0 Å². The fourth-order valence-electron chi connectivity index (χ4n) is 3.24. The van der Waals surface area contributed by atoms with E-state index in [0.717, 1.165) is 16.1 Å². The largest absolute Gasteiger partial charge is 0.350 e. The Kier molecular flexibility index (Phi) is 9.50. The highest BCUT2D eigenvalue weighted by Crippen LogP contribution is 2.26. The summed E-state index contributed by atoms with van der Waals surface area (Å²) in [5.41, 5.74) is 1.04. The van der Waals surface area contributed by atoms with Gasteiger partial charge in [-0.1, -0.05) is 46.9 Å². The summed E-state index contributed by atoms with van der Waals surface area (Å²) < 4.78 is 26.2. The van der Waals surface area contributed by atoms with Crippen LogP contribution in [0.5, 0.6) is 0 Å². The summed E-state index contributed by atoms with van der Waals surface area (Å²) in [4.78, 5) is 27.8. The maximum atomic E-state index is 13.6. The Hall–Kier alpha value is -2.00. The van der Waals surface area contributed by atoms with E-state index in [1.165, 1.54) is 17.0 Å². The molecule has 11 heteroatoms. The van der Waals surface area contributed by atoms with E-state index in [4.69, 9.17) is 34.8 Å². The number of amides is 2. The fraction of sp³-hybridized carbons (Fsp3) is 0.417. The highest BCUT2D eigenvalue weighted by molar-refractivity contribution is 7.92. The molecule has 2 aromatic carbocycles. The van der Waals surface area contributed by atoms with Crippen molar-refractivity contribution in [3.63, 3.8) is 0 Å². The summed E-state index contributed by atoms with van der Waals surface area (Å²) >= 11 is 18.5. The first-order chi connectivity index (χ1) is 16.0. The van der Waals surface area contributed by atoms with Gasteiger partial charge in [0.25, 0.3) is 0 Å². The minimum atomic E-state index is -3.85. The number of carbonyl (C=O) groups excluding carboxylic acids is 2. The number of carbonyl (C=O) groups is 2. The van der Waals surface area contributed by atoms with Crippen LogP contribution in [0.4, 0.5) is 5.69 Å². The summed E-state index contributed by atoms with van der Waals surface area (Å²) in [6, 6.07) is 8.64. The molecule has 2 amide bonds. The van der Waals surface area contributed by atoms with Crippen LogP contribution in [-0.2, 0) is 26.2 Å². The van der Waals surface area contributed by atoms with Crippen LogP contribution in [-0.4, -0.2) is 49.5 Å². The van der Waals surface area contributed by atoms with Crippen molar-refractivity contribution < 1.29 is 18.0 Å². The number of benzene rings is 2. The summed E-state index contributed by atoms with van der Waals surface area (Å²) in [5, 5.41) is 3.97. The molecule has 2 rings (SSSR count). The van der Waals surface area contributed by atoms with Gasteiger partial charge in [0, 0.05) is 27.2 Å². The van der Waals surface area contributed by atoms with E-state index in [1.807, 2.05) is 20.8 Å². The van der Waals surface area contributed by atoms with Gasteiger partial charge in [0.1, 0.15) is 12.6 Å². The molecule has 1 atom stereocenters. The number of sulfonamides is 1. The summed E-state index contributed by atoms with van der Waals surface area (Å²) in [6.45, 7) is 8.28. The summed E-state index contributed by atoms with van der Waals surface area (Å²) in [7, 11) is -3.85. The first-order valence-corrected chi connectivity index (χ1v) is 13.8. The van der Waals surface area contributed by atoms with E-state index >= 15 is 0 Å². The van der Waals surface area contributed by atoms with Crippen molar-refractivity contribution >= 4 is 62.3 Å². The quantitative estimate of drug-likeness (QED) is 0.488. The molecule has 1 N–H and O–H groups in total. The monoisotopic (exact) mass is 561 g/mol. The molecule has 0 radical (unpaired) electrons. The smallest absolute Gasteiger partial charge is 0.244 e. The van der Waals surface area contributed by atoms with Gasteiger partial charge in [0.15, 0.2) is 0 Å². The van der Waals surface area contributed by atoms with E-state index in [2.05, 4.69) is 5.32 Å². The van der Waals surface area contributed by atoms with Gasteiger partial charge >= 0.3 is 0 Å². The number of halogens is 3. The lowest BCUT2D eigenvalue weighted by Gasteiger charge is -2.33. The van der Waals surface area contributed by atoms with Crippen molar-refractivity contribution in [2.45, 2.75) is 52.7 Å². The number of aryl methyl sites for hydroxylation is 1. The third-order valence-corrected chi connectivity index (χ3v) is 7.28. The molecule has 0 aliphatic heterocycles. The van der Waals surface area contributed by atoms with Crippen molar-refractivity contribution in [3.8, 4) is 0 Å². The first kappa shape index (κ1) is 29.2. The fourth-order valence-corrected chi connectivity index (χ4v) is 4.73. The minimum absolute atomic E-state index is 0.0280. The maximum absolute atomic E-state index is 13.6. The Morgan fingerprint density at radius 3 is 2.17 bits per heavy atom. The lowest BCUT2D eigenvalue weighted by Crippen LogP contribution is -2.54. The molecule has 0 bridgehead atoms. The average molecular weight is 563 g/mol. The molecule has 0 fully saturated rings. The van der Waals surface area contributed by atoms with Crippen molar-refractivity contribution in [1.29, 1.82) is 0 Å². The van der Waals surface area contributed by atoms with Crippen LogP contribution >= 0.6 is 34.8 Å². The zero-order valence-corrected chi connectivity index (χ0v) is 23.6. The molecule has 192 valence electrons. The van der Waals surface area contributed by atoms with Gasteiger partial charge in [-0.3, -0.25) is 13.9 Å². The van der Waals surface area contributed by atoms with E-state index in [-0.39, 0.29) is 18.1 Å². The third kappa shape index (κ3) is 8.27. The molecular formula is C24H30Cl3N3O4S. The Morgan fingerprint density at radius 1 is 1.03 bits per heavy atom. The van der Waals surface area contributed by atoms with Crippen LogP contribution in [0.2, 0.25) is 15.1 Å². The van der Waals surface area contributed by atoms with E-state index < -0.39 is 34.1 Å². The van der Waals surface area contributed by atoms with Gasteiger partial charge in [0.05, 0.1) is 11.9 Å². The molecule has 7 nitrogen and oxygen atoms in total. The Bertz CT molecular complexity index is 1210. The van der Waals surface area contributed by atoms with Crippen LogP contribution in [0.1, 0.15) is 38.8 Å². The van der Waals surface area contributed by atoms with E-state index in [1.54, 1.807) is 38.1 Å². The van der Waals surface area contributed by atoms with Gasteiger partial charge in [-0.05, 0) is 70.0 Å². The molecule has 0 saturated carbocycles. The summed E-state index contributed by atoms with van der Waals surface area (Å²) in [6.07, 6.45) is 1.00. The second kappa shape index (κ2) is 11.4. The number of nitrogens with zero attached hydrogens (tertiary/aromatic N) is 2. The van der Waals surface area contributed by atoms with Crippen molar-refractivity contribution in [3.05, 3.63) is 62.6 Å². The number of hydrogen-bond donors (Lipinski definition) is 1. The lowest BCUT2D eigenvalue weighted by atomic mass is 10.1. The highest BCUT2D eigenvalue weighted by atomic mass is 35.5. The predicted molar refractivity (Wildman–Crippen MR) is 143 cm³/mol. The molecule has 0 aromatic heterocycles. The Balaban J connectivity index is 2.46. The Labute approximate surface area is 222 Å². The van der Waals surface area contributed by atoms with Gasteiger partial charge in [0.2, 0.25) is 21.8 Å².